The van der Waals surface area contributed by atoms with E-state index in [0.717, 1.165) is 32.4 Å². The summed E-state index contributed by atoms with van der Waals surface area (Å²) in [5, 5.41) is 3.29. The highest BCUT2D eigenvalue weighted by molar-refractivity contribution is 6.01. The van der Waals surface area contributed by atoms with Gasteiger partial charge in [-0.1, -0.05) is 13.8 Å². The van der Waals surface area contributed by atoms with Crippen LogP contribution in [-0.2, 0) is 0 Å². The fourth-order valence-electron chi connectivity index (χ4n) is 2.55. The Bertz CT molecular complexity index is 440. The van der Waals surface area contributed by atoms with Crippen LogP contribution < -0.4 is 10.1 Å². The molecule has 1 saturated heterocycles. The Hall–Kier alpha value is -1.42. The lowest BCUT2D eigenvalue weighted by Crippen LogP contribution is -2.33. The molecule has 1 fully saturated rings. The molecule has 1 aliphatic rings. The summed E-state index contributed by atoms with van der Waals surface area (Å²) < 4.78 is 5.54. The van der Waals surface area contributed by atoms with E-state index in [0.29, 0.717) is 17.9 Å². The lowest BCUT2D eigenvalue weighted by molar-refractivity contribution is 0.0809. The molecular weight excluding hydrogens is 240 g/mol. The van der Waals surface area contributed by atoms with Crippen molar-refractivity contribution in [2.45, 2.75) is 33.1 Å². The third-order valence-corrected chi connectivity index (χ3v) is 3.85. The van der Waals surface area contributed by atoms with Gasteiger partial charge in [-0.3, -0.25) is 9.78 Å². The van der Waals surface area contributed by atoms with Crippen LogP contribution in [0.15, 0.2) is 18.5 Å². The van der Waals surface area contributed by atoms with Crippen molar-refractivity contribution < 1.29 is 9.53 Å². The molecule has 0 aromatic carbocycles. The van der Waals surface area contributed by atoms with Crippen molar-refractivity contribution >= 4 is 5.78 Å². The number of Topliss-reactive ketones (excluding diaryl/α,β-unsaturated/α-hetero) is 1. The highest BCUT2D eigenvalue weighted by atomic mass is 16.5. The van der Waals surface area contributed by atoms with E-state index in [1.807, 2.05) is 6.07 Å². The fraction of sp³-hybridized carbons (Fsp3) is 0.600. The Morgan fingerprint density at radius 1 is 1.47 bits per heavy atom. The number of hydrogen-bond acceptors (Lipinski definition) is 4. The van der Waals surface area contributed by atoms with Gasteiger partial charge in [0.25, 0.3) is 0 Å². The topological polar surface area (TPSA) is 51.2 Å². The number of ether oxygens (including phenoxy) is 1. The second-order valence-corrected chi connectivity index (χ2v) is 5.15. The van der Waals surface area contributed by atoms with E-state index in [1.165, 1.54) is 0 Å². The SMILES string of the molecule is CCCOc1cncc(C(=O)C2(CC)CCNC2)c1. The van der Waals surface area contributed by atoms with Gasteiger partial charge in [0.15, 0.2) is 5.78 Å². The molecule has 1 aliphatic heterocycles. The van der Waals surface area contributed by atoms with Crippen molar-refractivity contribution in [3.63, 3.8) is 0 Å². The van der Waals surface area contributed by atoms with Crippen molar-refractivity contribution in [1.82, 2.24) is 10.3 Å². The molecule has 1 aromatic heterocycles. The summed E-state index contributed by atoms with van der Waals surface area (Å²) in [5.74, 6) is 0.874. The lowest BCUT2D eigenvalue weighted by Gasteiger charge is -2.24. The smallest absolute Gasteiger partial charge is 0.171 e. The second kappa shape index (κ2) is 6.15. The van der Waals surface area contributed by atoms with Crippen LogP contribution in [0.25, 0.3) is 0 Å². The third-order valence-electron chi connectivity index (χ3n) is 3.85. The minimum absolute atomic E-state index is 0.189. The number of ketones is 1. The van der Waals surface area contributed by atoms with Gasteiger partial charge in [0, 0.05) is 23.7 Å². The van der Waals surface area contributed by atoms with E-state index >= 15 is 0 Å². The molecule has 0 saturated carbocycles. The zero-order chi connectivity index (χ0) is 13.7. The average molecular weight is 262 g/mol. The maximum Gasteiger partial charge on any atom is 0.171 e. The molecule has 2 rings (SSSR count). The van der Waals surface area contributed by atoms with Crippen LogP contribution in [-0.4, -0.2) is 30.5 Å². The Morgan fingerprint density at radius 2 is 2.32 bits per heavy atom. The van der Waals surface area contributed by atoms with Crippen LogP contribution >= 0.6 is 0 Å². The van der Waals surface area contributed by atoms with Gasteiger partial charge in [-0.05, 0) is 31.9 Å². The molecule has 0 spiro atoms. The first-order valence-electron chi connectivity index (χ1n) is 7.05. The molecule has 1 atom stereocenters. The normalized spacial score (nSPS) is 22.4. The van der Waals surface area contributed by atoms with Gasteiger partial charge < -0.3 is 10.1 Å². The van der Waals surface area contributed by atoms with E-state index in [4.69, 9.17) is 4.74 Å². The van der Waals surface area contributed by atoms with Gasteiger partial charge in [-0.15, -0.1) is 0 Å². The summed E-state index contributed by atoms with van der Waals surface area (Å²) in [6, 6.07) is 1.82. The highest BCUT2D eigenvalue weighted by Gasteiger charge is 2.39. The quantitative estimate of drug-likeness (QED) is 0.800. The van der Waals surface area contributed by atoms with Crippen LogP contribution in [0.2, 0.25) is 0 Å². The first-order chi connectivity index (χ1) is 9.22. The molecule has 1 aromatic rings. The van der Waals surface area contributed by atoms with E-state index in [-0.39, 0.29) is 11.2 Å². The lowest BCUT2D eigenvalue weighted by atomic mass is 9.77. The standard InChI is InChI=1S/C15H22N2O2/c1-3-7-19-13-8-12(9-17-10-13)14(18)15(4-2)5-6-16-11-15/h8-10,16H,3-7,11H2,1-2H3. The number of hydrogen-bond donors (Lipinski definition) is 1. The Balaban J connectivity index is 2.18. The summed E-state index contributed by atoms with van der Waals surface area (Å²) >= 11 is 0. The summed E-state index contributed by atoms with van der Waals surface area (Å²) in [5.41, 5.74) is 0.407. The van der Waals surface area contributed by atoms with Crippen LogP contribution in [0.3, 0.4) is 0 Å². The minimum Gasteiger partial charge on any atom is -0.492 e. The molecule has 19 heavy (non-hydrogen) atoms. The molecule has 0 radical (unpaired) electrons. The van der Waals surface area contributed by atoms with Crippen molar-refractivity contribution in [3.8, 4) is 5.75 Å². The summed E-state index contributed by atoms with van der Waals surface area (Å²) in [4.78, 5) is 16.8. The first-order valence-corrected chi connectivity index (χ1v) is 7.05. The van der Waals surface area contributed by atoms with E-state index in [9.17, 15) is 4.79 Å². The van der Waals surface area contributed by atoms with Crippen molar-refractivity contribution in [2.75, 3.05) is 19.7 Å². The number of carbonyl (C=O) groups excluding carboxylic acids is 1. The molecule has 0 bridgehead atoms. The molecule has 0 amide bonds. The third kappa shape index (κ3) is 2.95. The summed E-state index contributed by atoms with van der Waals surface area (Å²) in [7, 11) is 0. The van der Waals surface area contributed by atoms with Crippen LogP contribution in [0.4, 0.5) is 0 Å². The second-order valence-electron chi connectivity index (χ2n) is 5.15. The van der Waals surface area contributed by atoms with Crippen molar-refractivity contribution in [2.24, 2.45) is 5.41 Å². The zero-order valence-electron chi connectivity index (χ0n) is 11.7. The van der Waals surface area contributed by atoms with E-state index < -0.39 is 0 Å². The number of nitrogens with zero attached hydrogens (tertiary/aromatic N) is 1. The highest BCUT2D eigenvalue weighted by Crippen LogP contribution is 2.33. The van der Waals surface area contributed by atoms with Gasteiger partial charge in [0.2, 0.25) is 0 Å². The monoisotopic (exact) mass is 262 g/mol. The van der Waals surface area contributed by atoms with Crippen LogP contribution in [0, 0.1) is 5.41 Å². The Kier molecular flexibility index (Phi) is 4.53. The summed E-state index contributed by atoms with van der Waals surface area (Å²) in [6.07, 6.45) is 6.02. The summed E-state index contributed by atoms with van der Waals surface area (Å²) in [6.45, 7) is 6.47. The predicted molar refractivity (Wildman–Crippen MR) is 74.6 cm³/mol. The maximum absolute atomic E-state index is 12.7. The van der Waals surface area contributed by atoms with Gasteiger partial charge in [0.05, 0.1) is 12.8 Å². The fourth-order valence-corrected chi connectivity index (χ4v) is 2.55. The molecule has 1 N–H and O–H groups in total. The molecule has 1 unspecified atom stereocenters. The number of aromatic nitrogens is 1. The molecule has 4 heteroatoms. The average Bonchev–Trinajstić information content (AvgIpc) is 2.94. The van der Waals surface area contributed by atoms with Gasteiger partial charge >= 0.3 is 0 Å². The molecular formula is C15H22N2O2. The Morgan fingerprint density at radius 3 is 2.95 bits per heavy atom. The van der Waals surface area contributed by atoms with Gasteiger partial charge in [0.1, 0.15) is 5.75 Å². The minimum atomic E-state index is -0.259. The van der Waals surface area contributed by atoms with E-state index in [1.54, 1.807) is 12.4 Å². The van der Waals surface area contributed by atoms with Crippen molar-refractivity contribution in [3.05, 3.63) is 24.0 Å². The van der Waals surface area contributed by atoms with Crippen molar-refractivity contribution in [1.29, 1.82) is 0 Å². The number of nitrogens with one attached hydrogen (secondary N) is 1. The maximum atomic E-state index is 12.7. The first kappa shape index (κ1) is 14.0. The van der Waals surface area contributed by atoms with Crippen LogP contribution in [0.5, 0.6) is 5.75 Å². The van der Waals surface area contributed by atoms with Gasteiger partial charge in [-0.25, -0.2) is 0 Å². The number of rotatable bonds is 6. The number of carbonyl (C=O) groups is 1. The van der Waals surface area contributed by atoms with E-state index in [2.05, 4.69) is 24.1 Å². The molecule has 104 valence electrons. The Labute approximate surface area is 114 Å². The number of pyridine rings is 1. The molecule has 2 heterocycles. The van der Waals surface area contributed by atoms with Gasteiger partial charge in [-0.2, -0.15) is 0 Å². The predicted octanol–water partition coefficient (Wildman–Crippen LogP) is 2.44. The zero-order valence-corrected chi connectivity index (χ0v) is 11.7. The van der Waals surface area contributed by atoms with Crippen LogP contribution in [0.1, 0.15) is 43.5 Å². The molecule has 0 aliphatic carbocycles. The molecule has 4 nitrogen and oxygen atoms in total. The largest absolute Gasteiger partial charge is 0.492 e.